The molecule has 0 saturated carbocycles. The zero-order valence-electron chi connectivity index (χ0n) is 14.9. The molecule has 0 aliphatic heterocycles. The number of halogens is 1. The minimum absolute atomic E-state index is 0.0899. The Morgan fingerprint density at radius 2 is 1.96 bits per heavy atom. The third-order valence-corrected chi connectivity index (χ3v) is 3.65. The normalized spacial score (nSPS) is 10.7. The van der Waals surface area contributed by atoms with Crippen LogP contribution in [0.3, 0.4) is 0 Å². The molecule has 0 atom stereocenters. The van der Waals surface area contributed by atoms with Crippen LogP contribution in [0.2, 0.25) is 0 Å². The number of aromatic nitrogens is 5. The molecule has 0 aliphatic carbocycles. The molecular formula is C17H19FN8O. The van der Waals surface area contributed by atoms with Crippen LogP contribution in [0.1, 0.15) is 11.4 Å². The number of hydrogen-bond acceptors (Lipinski definition) is 9. The van der Waals surface area contributed by atoms with E-state index in [0.717, 1.165) is 5.56 Å². The standard InChI is InChI=1S/C17H19FN8O/c1-9-23-15(26-17(20)24-9)12-5-10(3-4-19)7-21-14(12)25-11-6-13(18)16(27-2)22-8-11/h5-8H,3-4,19H2,1-2H3,(H,21,25)(H2,20,23,24,26). The third kappa shape index (κ3) is 4.23. The van der Waals surface area contributed by atoms with Gasteiger partial charge in [-0.15, -0.1) is 0 Å². The van der Waals surface area contributed by atoms with Gasteiger partial charge in [0.1, 0.15) is 11.6 Å². The molecule has 0 unspecified atom stereocenters. The molecule has 3 aromatic heterocycles. The number of pyridine rings is 2. The molecule has 3 rings (SSSR count). The number of aryl methyl sites for hydroxylation is 1. The molecule has 10 heteroatoms. The lowest BCUT2D eigenvalue weighted by molar-refractivity contribution is 0.369. The van der Waals surface area contributed by atoms with Gasteiger partial charge < -0.3 is 21.5 Å². The highest BCUT2D eigenvalue weighted by molar-refractivity contribution is 5.75. The molecule has 0 aliphatic rings. The van der Waals surface area contributed by atoms with Crippen LogP contribution in [0.15, 0.2) is 24.5 Å². The molecule has 3 heterocycles. The third-order valence-electron chi connectivity index (χ3n) is 3.65. The quantitative estimate of drug-likeness (QED) is 0.590. The van der Waals surface area contributed by atoms with Crippen LogP contribution in [0, 0.1) is 12.7 Å². The molecular weight excluding hydrogens is 351 g/mol. The number of nitrogens with one attached hydrogen (secondary N) is 1. The fourth-order valence-electron chi connectivity index (χ4n) is 2.49. The van der Waals surface area contributed by atoms with Gasteiger partial charge in [0.2, 0.25) is 11.8 Å². The Balaban J connectivity index is 2.05. The van der Waals surface area contributed by atoms with Crippen molar-refractivity contribution in [3.05, 3.63) is 41.7 Å². The second-order valence-electron chi connectivity index (χ2n) is 5.68. The monoisotopic (exact) mass is 370 g/mol. The van der Waals surface area contributed by atoms with Crippen LogP contribution in [0.25, 0.3) is 11.4 Å². The molecule has 3 aromatic rings. The minimum atomic E-state index is -0.593. The highest BCUT2D eigenvalue weighted by Gasteiger charge is 2.14. The summed E-state index contributed by atoms with van der Waals surface area (Å²) < 4.78 is 18.8. The maximum atomic E-state index is 13.9. The largest absolute Gasteiger partial charge is 0.479 e. The number of nitrogens with two attached hydrogens (primary N) is 2. The Morgan fingerprint density at radius 1 is 1.15 bits per heavy atom. The van der Waals surface area contributed by atoms with Crippen LogP contribution >= 0.6 is 0 Å². The molecule has 0 spiro atoms. The van der Waals surface area contributed by atoms with E-state index < -0.39 is 5.82 Å². The zero-order valence-corrected chi connectivity index (χ0v) is 14.9. The van der Waals surface area contributed by atoms with Crippen molar-refractivity contribution in [2.24, 2.45) is 5.73 Å². The number of rotatable bonds is 6. The predicted molar refractivity (Wildman–Crippen MR) is 99.0 cm³/mol. The number of ether oxygens (including phenoxy) is 1. The van der Waals surface area contributed by atoms with Crippen molar-refractivity contribution in [1.29, 1.82) is 0 Å². The minimum Gasteiger partial charge on any atom is -0.479 e. The van der Waals surface area contributed by atoms with E-state index in [2.05, 4.69) is 30.2 Å². The summed E-state index contributed by atoms with van der Waals surface area (Å²) in [7, 11) is 1.35. The smallest absolute Gasteiger partial charge is 0.250 e. The van der Waals surface area contributed by atoms with E-state index in [1.807, 2.05) is 6.07 Å². The van der Waals surface area contributed by atoms with E-state index in [-0.39, 0.29) is 11.8 Å². The Bertz CT molecular complexity index is 945. The number of methoxy groups -OCH3 is 1. The molecule has 27 heavy (non-hydrogen) atoms. The zero-order chi connectivity index (χ0) is 19.4. The Labute approximate surface area is 155 Å². The van der Waals surface area contributed by atoms with Crippen LogP contribution in [-0.4, -0.2) is 38.6 Å². The van der Waals surface area contributed by atoms with Gasteiger partial charge >= 0.3 is 0 Å². The summed E-state index contributed by atoms with van der Waals surface area (Å²) in [6.07, 6.45) is 3.76. The summed E-state index contributed by atoms with van der Waals surface area (Å²) in [5.74, 6) is 0.676. The van der Waals surface area contributed by atoms with Crippen LogP contribution < -0.4 is 21.5 Å². The van der Waals surface area contributed by atoms with Crippen molar-refractivity contribution in [1.82, 2.24) is 24.9 Å². The van der Waals surface area contributed by atoms with Gasteiger partial charge in [-0.3, -0.25) is 0 Å². The first-order chi connectivity index (χ1) is 13.0. The van der Waals surface area contributed by atoms with Gasteiger partial charge in [-0.1, -0.05) is 0 Å². The lowest BCUT2D eigenvalue weighted by atomic mass is 10.1. The maximum absolute atomic E-state index is 13.9. The first-order valence-electron chi connectivity index (χ1n) is 8.14. The molecule has 0 aromatic carbocycles. The van der Waals surface area contributed by atoms with Crippen LogP contribution in [0.5, 0.6) is 5.88 Å². The average molecular weight is 370 g/mol. The topological polar surface area (TPSA) is 138 Å². The van der Waals surface area contributed by atoms with Gasteiger partial charge in [0.15, 0.2) is 11.6 Å². The summed E-state index contributed by atoms with van der Waals surface area (Å²) >= 11 is 0. The second-order valence-corrected chi connectivity index (χ2v) is 5.68. The fraction of sp³-hybridized carbons (Fsp3) is 0.235. The van der Waals surface area contributed by atoms with E-state index in [0.29, 0.717) is 41.7 Å². The molecule has 5 N–H and O–H groups in total. The summed E-state index contributed by atoms with van der Waals surface area (Å²) in [4.78, 5) is 20.8. The van der Waals surface area contributed by atoms with E-state index in [9.17, 15) is 4.39 Å². The first-order valence-corrected chi connectivity index (χ1v) is 8.14. The van der Waals surface area contributed by atoms with E-state index in [1.165, 1.54) is 19.4 Å². The maximum Gasteiger partial charge on any atom is 0.250 e. The summed E-state index contributed by atoms with van der Waals surface area (Å²) in [6, 6.07) is 3.13. The number of anilines is 3. The molecule has 140 valence electrons. The number of nitrogen functional groups attached to an aromatic ring is 1. The molecule has 0 amide bonds. The molecule has 9 nitrogen and oxygen atoms in total. The first kappa shape index (κ1) is 18.4. The van der Waals surface area contributed by atoms with Crippen molar-refractivity contribution >= 4 is 17.5 Å². The van der Waals surface area contributed by atoms with Crippen molar-refractivity contribution in [2.45, 2.75) is 13.3 Å². The van der Waals surface area contributed by atoms with Gasteiger partial charge in [0.25, 0.3) is 0 Å². The fourth-order valence-corrected chi connectivity index (χ4v) is 2.49. The Kier molecular flexibility index (Phi) is 5.36. The van der Waals surface area contributed by atoms with Crippen molar-refractivity contribution in [3.63, 3.8) is 0 Å². The van der Waals surface area contributed by atoms with Crippen LogP contribution in [0.4, 0.5) is 21.8 Å². The van der Waals surface area contributed by atoms with Crippen molar-refractivity contribution < 1.29 is 9.13 Å². The van der Waals surface area contributed by atoms with E-state index in [1.54, 1.807) is 13.1 Å². The highest BCUT2D eigenvalue weighted by Crippen LogP contribution is 2.28. The predicted octanol–water partition coefficient (Wildman–Crippen LogP) is 1.61. The van der Waals surface area contributed by atoms with Gasteiger partial charge in [-0.2, -0.15) is 9.97 Å². The average Bonchev–Trinajstić information content (AvgIpc) is 2.62. The highest BCUT2D eigenvalue weighted by atomic mass is 19.1. The molecule has 0 fully saturated rings. The molecule has 0 saturated heterocycles. The SMILES string of the molecule is COc1ncc(Nc2ncc(CCN)cc2-c2nc(C)nc(N)n2)cc1F. The lowest BCUT2D eigenvalue weighted by Crippen LogP contribution is -2.07. The lowest BCUT2D eigenvalue weighted by Gasteiger charge is -2.13. The van der Waals surface area contributed by atoms with Gasteiger partial charge in [-0.25, -0.2) is 19.3 Å². The Morgan fingerprint density at radius 3 is 2.63 bits per heavy atom. The Hall–Kier alpha value is -3.40. The van der Waals surface area contributed by atoms with Gasteiger partial charge in [-0.05, 0) is 31.5 Å². The van der Waals surface area contributed by atoms with Crippen molar-refractivity contribution in [3.8, 4) is 17.3 Å². The molecule has 0 bridgehead atoms. The van der Waals surface area contributed by atoms with E-state index >= 15 is 0 Å². The summed E-state index contributed by atoms with van der Waals surface area (Å²) in [6.45, 7) is 2.19. The van der Waals surface area contributed by atoms with E-state index in [4.69, 9.17) is 16.2 Å². The van der Waals surface area contributed by atoms with Gasteiger partial charge in [0.05, 0.1) is 24.6 Å². The summed E-state index contributed by atoms with van der Waals surface area (Å²) in [5.41, 5.74) is 13.3. The molecule has 0 radical (unpaired) electrons. The number of nitrogens with zero attached hydrogens (tertiary/aromatic N) is 5. The van der Waals surface area contributed by atoms with Crippen molar-refractivity contribution in [2.75, 3.05) is 24.7 Å². The van der Waals surface area contributed by atoms with Crippen LogP contribution in [-0.2, 0) is 6.42 Å². The second kappa shape index (κ2) is 7.87. The number of hydrogen-bond donors (Lipinski definition) is 3. The van der Waals surface area contributed by atoms with Gasteiger partial charge in [0, 0.05) is 12.3 Å². The summed E-state index contributed by atoms with van der Waals surface area (Å²) in [5, 5.41) is 3.03.